The van der Waals surface area contributed by atoms with Crippen LogP contribution in [-0.4, -0.2) is 37.3 Å². The molecule has 6 heteroatoms. The van der Waals surface area contributed by atoms with Crippen molar-refractivity contribution >= 4 is 15.9 Å². The minimum Gasteiger partial charge on any atom is -0.353 e. The van der Waals surface area contributed by atoms with Gasteiger partial charge in [-0.05, 0) is 37.8 Å². The van der Waals surface area contributed by atoms with Crippen molar-refractivity contribution in [1.29, 1.82) is 0 Å². The van der Waals surface area contributed by atoms with Crippen molar-refractivity contribution in [2.75, 3.05) is 6.54 Å². The predicted molar refractivity (Wildman–Crippen MR) is 102 cm³/mol. The van der Waals surface area contributed by atoms with Crippen LogP contribution >= 0.6 is 0 Å². The molecule has 1 aromatic rings. The number of rotatable bonds is 5. The predicted octanol–water partition coefficient (Wildman–Crippen LogP) is 3.46. The Hall–Kier alpha value is -1.40. The molecule has 0 spiro atoms. The van der Waals surface area contributed by atoms with Crippen LogP contribution in [0.1, 0.15) is 64.2 Å². The molecule has 2 fully saturated rings. The highest BCUT2D eigenvalue weighted by molar-refractivity contribution is 7.89. The molecule has 2 aliphatic rings. The molecule has 26 heavy (non-hydrogen) atoms. The highest BCUT2D eigenvalue weighted by atomic mass is 32.2. The molecule has 1 amide bonds. The summed E-state index contributed by atoms with van der Waals surface area (Å²) in [6.45, 7) is 0.499. The number of sulfonamides is 1. The first-order valence-electron chi connectivity index (χ1n) is 9.93. The lowest BCUT2D eigenvalue weighted by Gasteiger charge is -2.34. The molecule has 0 radical (unpaired) electrons. The summed E-state index contributed by atoms with van der Waals surface area (Å²) in [4.78, 5) is 12.9. The number of hydrogen-bond acceptors (Lipinski definition) is 3. The summed E-state index contributed by atoms with van der Waals surface area (Å²) < 4.78 is 27.6. The number of hydrogen-bond donors (Lipinski definition) is 1. The van der Waals surface area contributed by atoms with Crippen LogP contribution in [0.2, 0.25) is 0 Å². The highest BCUT2D eigenvalue weighted by Crippen LogP contribution is 2.27. The van der Waals surface area contributed by atoms with E-state index in [2.05, 4.69) is 5.32 Å². The van der Waals surface area contributed by atoms with Gasteiger partial charge in [-0.3, -0.25) is 4.79 Å². The van der Waals surface area contributed by atoms with E-state index in [4.69, 9.17) is 0 Å². The van der Waals surface area contributed by atoms with Gasteiger partial charge in [0.1, 0.15) is 0 Å². The zero-order valence-electron chi connectivity index (χ0n) is 15.4. The topological polar surface area (TPSA) is 66.5 Å². The number of nitrogens with one attached hydrogen (secondary N) is 1. The van der Waals surface area contributed by atoms with Gasteiger partial charge in [0.05, 0.1) is 4.90 Å². The molecule has 144 valence electrons. The van der Waals surface area contributed by atoms with Crippen LogP contribution in [-0.2, 0) is 14.8 Å². The van der Waals surface area contributed by atoms with Gasteiger partial charge < -0.3 is 5.32 Å². The SMILES string of the molecule is O=C(C[C@H]1CCCCN1S(=O)(=O)c1ccccc1)NC1CCCCCC1. The van der Waals surface area contributed by atoms with E-state index in [1.54, 1.807) is 28.6 Å². The lowest BCUT2D eigenvalue weighted by molar-refractivity contribution is -0.122. The largest absolute Gasteiger partial charge is 0.353 e. The van der Waals surface area contributed by atoms with E-state index in [-0.39, 0.29) is 24.4 Å². The van der Waals surface area contributed by atoms with Gasteiger partial charge in [0, 0.05) is 25.0 Å². The van der Waals surface area contributed by atoms with Crippen LogP contribution in [0.4, 0.5) is 0 Å². The van der Waals surface area contributed by atoms with E-state index < -0.39 is 10.0 Å². The van der Waals surface area contributed by atoms with Crippen LogP contribution < -0.4 is 5.32 Å². The van der Waals surface area contributed by atoms with Crippen LogP contribution in [0, 0.1) is 0 Å². The molecule has 1 N–H and O–H groups in total. The van der Waals surface area contributed by atoms with E-state index in [1.807, 2.05) is 6.07 Å². The Morgan fingerprint density at radius 1 is 0.962 bits per heavy atom. The summed E-state index contributed by atoms with van der Waals surface area (Å²) in [7, 11) is -3.54. The smallest absolute Gasteiger partial charge is 0.243 e. The molecule has 3 rings (SSSR count). The van der Waals surface area contributed by atoms with Crippen molar-refractivity contribution in [3.63, 3.8) is 0 Å². The number of amides is 1. The second kappa shape index (κ2) is 9.00. The number of carbonyl (C=O) groups excluding carboxylic acids is 1. The molecule has 0 bridgehead atoms. The number of benzene rings is 1. The van der Waals surface area contributed by atoms with E-state index in [0.717, 1.165) is 32.1 Å². The minimum absolute atomic E-state index is 0.00272. The minimum atomic E-state index is -3.54. The van der Waals surface area contributed by atoms with E-state index >= 15 is 0 Å². The second-order valence-corrected chi connectivity index (χ2v) is 9.43. The maximum atomic E-state index is 13.0. The fourth-order valence-corrected chi connectivity index (χ4v) is 5.86. The van der Waals surface area contributed by atoms with Gasteiger partial charge in [0.15, 0.2) is 0 Å². The second-order valence-electron chi connectivity index (χ2n) is 7.54. The molecule has 1 aliphatic carbocycles. The highest BCUT2D eigenvalue weighted by Gasteiger charge is 2.34. The summed E-state index contributed by atoms with van der Waals surface area (Å²) in [6.07, 6.45) is 9.77. The monoisotopic (exact) mass is 378 g/mol. The number of carbonyl (C=O) groups is 1. The van der Waals surface area contributed by atoms with Gasteiger partial charge >= 0.3 is 0 Å². The number of piperidine rings is 1. The number of nitrogens with zero attached hydrogens (tertiary/aromatic N) is 1. The fraction of sp³-hybridized carbons (Fsp3) is 0.650. The fourth-order valence-electron chi connectivity index (χ4n) is 4.15. The third-order valence-corrected chi connectivity index (χ3v) is 7.53. The summed E-state index contributed by atoms with van der Waals surface area (Å²) >= 11 is 0. The Bertz CT molecular complexity index is 682. The maximum absolute atomic E-state index is 13.0. The molecular formula is C20H30N2O3S. The Kier molecular flexibility index (Phi) is 6.70. The van der Waals surface area contributed by atoms with Crippen LogP contribution in [0.3, 0.4) is 0 Å². The van der Waals surface area contributed by atoms with Gasteiger partial charge in [-0.2, -0.15) is 4.31 Å². The molecule has 1 aromatic carbocycles. The summed E-state index contributed by atoms with van der Waals surface area (Å²) in [5, 5.41) is 3.16. The standard InChI is InChI=1S/C20H30N2O3S/c23-20(21-17-10-4-1-2-5-11-17)16-18-12-8-9-15-22(18)26(24,25)19-13-6-3-7-14-19/h3,6-7,13-14,17-18H,1-2,4-5,8-12,15-16H2,(H,21,23)/t18-/m1/s1. The van der Waals surface area contributed by atoms with E-state index in [1.165, 1.54) is 25.7 Å². The molecular weight excluding hydrogens is 348 g/mol. The average molecular weight is 379 g/mol. The van der Waals surface area contributed by atoms with Crippen molar-refractivity contribution in [1.82, 2.24) is 9.62 Å². The molecule has 1 heterocycles. The van der Waals surface area contributed by atoms with E-state index in [9.17, 15) is 13.2 Å². The summed E-state index contributed by atoms with van der Waals surface area (Å²) in [5.41, 5.74) is 0. The third-order valence-electron chi connectivity index (χ3n) is 5.56. The lowest BCUT2D eigenvalue weighted by atomic mass is 10.0. The molecule has 0 unspecified atom stereocenters. The van der Waals surface area contributed by atoms with Gasteiger partial charge in [-0.1, -0.05) is 50.3 Å². The first-order valence-corrected chi connectivity index (χ1v) is 11.4. The first kappa shape index (κ1) is 19.4. The zero-order chi connectivity index (χ0) is 18.4. The maximum Gasteiger partial charge on any atom is 0.243 e. The Morgan fingerprint density at radius 2 is 1.62 bits per heavy atom. The Morgan fingerprint density at radius 3 is 2.31 bits per heavy atom. The third kappa shape index (κ3) is 4.86. The Labute approximate surface area is 157 Å². The Balaban J connectivity index is 1.66. The average Bonchev–Trinajstić information content (AvgIpc) is 2.91. The molecule has 1 atom stereocenters. The molecule has 5 nitrogen and oxygen atoms in total. The summed E-state index contributed by atoms with van der Waals surface area (Å²) in [5.74, 6) is -0.00272. The molecule has 0 aromatic heterocycles. The van der Waals surface area contributed by atoms with Crippen molar-refractivity contribution in [3.05, 3.63) is 30.3 Å². The van der Waals surface area contributed by atoms with Gasteiger partial charge in [0.25, 0.3) is 0 Å². The first-order chi connectivity index (χ1) is 12.6. The molecule has 1 saturated carbocycles. The van der Waals surface area contributed by atoms with Gasteiger partial charge in [-0.15, -0.1) is 0 Å². The van der Waals surface area contributed by atoms with E-state index in [0.29, 0.717) is 11.4 Å². The van der Waals surface area contributed by atoms with Crippen molar-refractivity contribution in [2.24, 2.45) is 0 Å². The van der Waals surface area contributed by atoms with Gasteiger partial charge in [0.2, 0.25) is 15.9 Å². The van der Waals surface area contributed by atoms with Crippen molar-refractivity contribution in [2.45, 2.75) is 81.2 Å². The quantitative estimate of drug-likeness (QED) is 0.798. The van der Waals surface area contributed by atoms with Crippen LogP contribution in [0.25, 0.3) is 0 Å². The lowest BCUT2D eigenvalue weighted by Crippen LogP contribution is -2.47. The molecule has 1 saturated heterocycles. The normalized spacial score (nSPS) is 23.3. The molecule has 1 aliphatic heterocycles. The van der Waals surface area contributed by atoms with Crippen LogP contribution in [0.5, 0.6) is 0 Å². The zero-order valence-corrected chi connectivity index (χ0v) is 16.2. The van der Waals surface area contributed by atoms with Crippen LogP contribution in [0.15, 0.2) is 35.2 Å². The summed E-state index contributed by atoms with van der Waals surface area (Å²) in [6, 6.07) is 8.58. The van der Waals surface area contributed by atoms with Crippen molar-refractivity contribution in [3.8, 4) is 0 Å². The van der Waals surface area contributed by atoms with Gasteiger partial charge in [-0.25, -0.2) is 8.42 Å². The van der Waals surface area contributed by atoms with Crippen molar-refractivity contribution < 1.29 is 13.2 Å².